The minimum atomic E-state index is -4.74. The molecule has 0 aliphatic carbocycles. The fraction of sp³-hybridized carbons (Fsp3) is 1.00. The maximum atomic E-state index is 13.0. The summed E-state index contributed by atoms with van der Waals surface area (Å²) in [6, 6.07) is 0. The standard InChI is InChI=1S/C10H14F8O2/c1-2-19-10(17,18)8(13,14)4-3-5-20-9(15,16)7(12)6-11/h7H,2-6H2,1H3. The Balaban J connectivity index is 4.24. The van der Waals surface area contributed by atoms with Crippen molar-refractivity contribution < 1.29 is 44.6 Å². The Bertz CT molecular complexity index is 284. The Morgan fingerprint density at radius 2 is 1.55 bits per heavy atom. The van der Waals surface area contributed by atoms with Crippen LogP contribution in [0.15, 0.2) is 0 Å². The van der Waals surface area contributed by atoms with Gasteiger partial charge in [-0.25, -0.2) is 8.78 Å². The second-order valence-corrected chi connectivity index (χ2v) is 3.79. The summed E-state index contributed by atoms with van der Waals surface area (Å²) in [7, 11) is 0. The highest BCUT2D eigenvalue weighted by molar-refractivity contribution is 4.77. The van der Waals surface area contributed by atoms with E-state index >= 15 is 0 Å². The van der Waals surface area contributed by atoms with Crippen LogP contribution in [0.1, 0.15) is 19.8 Å². The van der Waals surface area contributed by atoms with E-state index < -0.39 is 57.0 Å². The fourth-order valence-electron chi connectivity index (χ4n) is 1.12. The van der Waals surface area contributed by atoms with Crippen molar-refractivity contribution in [3.05, 3.63) is 0 Å². The van der Waals surface area contributed by atoms with Gasteiger partial charge in [0, 0.05) is 6.42 Å². The van der Waals surface area contributed by atoms with Crippen LogP contribution in [0.25, 0.3) is 0 Å². The van der Waals surface area contributed by atoms with Gasteiger partial charge in [-0.2, -0.15) is 26.3 Å². The summed E-state index contributed by atoms with van der Waals surface area (Å²) in [5.74, 6) is -4.59. The fourth-order valence-corrected chi connectivity index (χ4v) is 1.12. The van der Waals surface area contributed by atoms with E-state index in [0.29, 0.717) is 0 Å². The average Bonchev–Trinajstić information content (AvgIpc) is 2.33. The van der Waals surface area contributed by atoms with Crippen LogP contribution in [0.2, 0.25) is 0 Å². The zero-order chi connectivity index (χ0) is 16.0. The summed E-state index contributed by atoms with van der Waals surface area (Å²) in [5, 5.41) is 0. The lowest BCUT2D eigenvalue weighted by molar-refractivity contribution is -0.348. The molecule has 0 heterocycles. The minimum Gasteiger partial charge on any atom is -0.318 e. The Hall–Kier alpha value is -0.640. The second kappa shape index (κ2) is 7.39. The maximum absolute atomic E-state index is 13.0. The Morgan fingerprint density at radius 3 is 2.00 bits per heavy atom. The van der Waals surface area contributed by atoms with Crippen LogP contribution in [0, 0.1) is 0 Å². The molecule has 0 aliphatic rings. The molecule has 1 unspecified atom stereocenters. The van der Waals surface area contributed by atoms with Gasteiger partial charge in [0.15, 0.2) is 0 Å². The van der Waals surface area contributed by atoms with Crippen LogP contribution in [0.4, 0.5) is 35.1 Å². The average molecular weight is 318 g/mol. The molecule has 0 N–H and O–H groups in total. The Kier molecular flexibility index (Phi) is 7.16. The second-order valence-electron chi connectivity index (χ2n) is 3.79. The molecule has 10 heteroatoms. The summed E-state index contributed by atoms with van der Waals surface area (Å²) in [4.78, 5) is 0. The third kappa shape index (κ3) is 5.39. The molecule has 122 valence electrons. The van der Waals surface area contributed by atoms with Crippen LogP contribution in [0.5, 0.6) is 0 Å². The van der Waals surface area contributed by atoms with E-state index in [-0.39, 0.29) is 0 Å². The van der Waals surface area contributed by atoms with Crippen LogP contribution < -0.4 is 0 Å². The third-order valence-corrected chi connectivity index (χ3v) is 2.18. The molecular weight excluding hydrogens is 304 g/mol. The zero-order valence-corrected chi connectivity index (χ0v) is 10.5. The van der Waals surface area contributed by atoms with Gasteiger partial charge in [-0.15, -0.1) is 0 Å². The summed E-state index contributed by atoms with van der Waals surface area (Å²) >= 11 is 0. The van der Waals surface area contributed by atoms with Gasteiger partial charge in [-0.1, -0.05) is 0 Å². The normalized spacial score (nSPS) is 15.4. The predicted molar refractivity (Wildman–Crippen MR) is 52.5 cm³/mol. The van der Waals surface area contributed by atoms with Gasteiger partial charge >= 0.3 is 18.1 Å². The molecule has 0 aromatic rings. The van der Waals surface area contributed by atoms with E-state index in [2.05, 4.69) is 9.47 Å². The van der Waals surface area contributed by atoms with E-state index in [1.54, 1.807) is 0 Å². The molecule has 1 atom stereocenters. The van der Waals surface area contributed by atoms with Gasteiger partial charge in [-0.3, -0.25) is 0 Å². The molecule has 0 saturated heterocycles. The Labute approximate surface area is 110 Å². The van der Waals surface area contributed by atoms with Crippen LogP contribution in [-0.4, -0.2) is 44.2 Å². The lowest BCUT2D eigenvalue weighted by Gasteiger charge is -2.26. The van der Waals surface area contributed by atoms with Gasteiger partial charge in [0.1, 0.15) is 6.67 Å². The SMILES string of the molecule is CCOC(F)(F)C(F)(F)CCCOC(F)(F)C(F)CF. The molecule has 0 saturated carbocycles. The van der Waals surface area contributed by atoms with Crippen molar-refractivity contribution in [3.63, 3.8) is 0 Å². The lowest BCUT2D eigenvalue weighted by atomic mass is 10.2. The lowest BCUT2D eigenvalue weighted by Crippen LogP contribution is -2.43. The highest BCUT2D eigenvalue weighted by atomic mass is 19.3. The van der Waals surface area contributed by atoms with Crippen molar-refractivity contribution in [2.45, 2.75) is 44.1 Å². The predicted octanol–water partition coefficient (Wildman–Crippen LogP) is 3.95. The van der Waals surface area contributed by atoms with Crippen molar-refractivity contribution in [1.82, 2.24) is 0 Å². The first-order chi connectivity index (χ1) is 9.00. The van der Waals surface area contributed by atoms with Crippen molar-refractivity contribution >= 4 is 0 Å². The van der Waals surface area contributed by atoms with E-state index in [4.69, 9.17) is 0 Å². The summed E-state index contributed by atoms with van der Waals surface area (Å²) in [5.41, 5.74) is 0. The monoisotopic (exact) mass is 318 g/mol. The van der Waals surface area contributed by atoms with E-state index in [1.807, 2.05) is 0 Å². The number of hydrogen-bond donors (Lipinski definition) is 0. The third-order valence-electron chi connectivity index (χ3n) is 2.18. The topological polar surface area (TPSA) is 18.5 Å². The van der Waals surface area contributed by atoms with Gasteiger partial charge < -0.3 is 9.47 Å². The van der Waals surface area contributed by atoms with Gasteiger partial charge in [0.25, 0.3) is 0 Å². The van der Waals surface area contributed by atoms with Crippen LogP contribution in [0.3, 0.4) is 0 Å². The molecule has 0 fully saturated rings. The van der Waals surface area contributed by atoms with Crippen molar-refractivity contribution in [3.8, 4) is 0 Å². The smallest absolute Gasteiger partial charge is 0.318 e. The van der Waals surface area contributed by atoms with Gasteiger partial charge in [0.05, 0.1) is 13.2 Å². The van der Waals surface area contributed by atoms with Gasteiger partial charge in [0.2, 0.25) is 6.17 Å². The molecule has 0 aromatic carbocycles. The maximum Gasteiger partial charge on any atom is 0.419 e. The molecule has 2 nitrogen and oxygen atoms in total. The van der Waals surface area contributed by atoms with Crippen LogP contribution >= 0.6 is 0 Å². The summed E-state index contributed by atoms with van der Waals surface area (Å²) in [6.45, 7) is -2.75. The number of halogens is 8. The molecule has 0 aliphatic heterocycles. The van der Waals surface area contributed by atoms with E-state index in [9.17, 15) is 35.1 Å². The molecule has 0 bridgehead atoms. The zero-order valence-electron chi connectivity index (χ0n) is 10.5. The van der Waals surface area contributed by atoms with Gasteiger partial charge in [-0.05, 0) is 13.3 Å². The number of alkyl halides is 8. The molecular formula is C10H14F8O2. The molecule has 20 heavy (non-hydrogen) atoms. The van der Waals surface area contributed by atoms with Crippen molar-refractivity contribution in [2.24, 2.45) is 0 Å². The van der Waals surface area contributed by atoms with Crippen molar-refractivity contribution in [1.29, 1.82) is 0 Å². The molecule has 0 spiro atoms. The van der Waals surface area contributed by atoms with E-state index in [0.717, 1.165) is 6.92 Å². The molecule has 0 rings (SSSR count). The first kappa shape index (κ1) is 19.4. The summed E-state index contributed by atoms with van der Waals surface area (Å²) < 4.78 is 108. The molecule has 0 radical (unpaired) electrons. The number of hydrogen-bond acceptors (Lipinski definition) is 2. The highest BCUT2D eigenvalue weighted by Gasteiger charge is 2.57. The molecule has 0 amide bonds. The first-order valence-corrected chi connectivity index (χ1v) is 5.61. The molecule has 0 aromatic heterocycles. The first-order valence-electron chi connectivity index (χ1n) is 5.61. The number of rotatable bonds is 10. The van der Waals surface area contributed by atoms with Crippen molar-refractivity contribution in [2.75, 3.05) is 19.9 Å². The van der Waals surface area contributed by atoms with E-state index in [1.165, 1.54) is 0 Å². The quantitative estimate of drug-likeness (QED) is 0.448. The summed E-state index contributed by atoms with van der Waals surface area (Å²) in [6.07, 6.45) is -14.9. The Morgan fingerprint density at radius 1 is 1.00 bits per heavy atom. The minimum absolute atomic E-state index is 0.669. The largest absolute Gasteiger partial charge is 0.419 e. The van der Waals surface area contributed by atoms with Crippen LogP contribution in [-0.2, 0) is 9.47 Å². The number of ether oxygens (including phenoxy) is 2. The highest BCUT2D eigenvalue weighted by Crippen LogP contribution is 2.38.